The highest BCUT2D eigenvalue weighted by Gasteiger charge is 2.15. The third-order valence-corrected chi connectivity index (χ3v) is 3.14. The lowest BCUT2D eigenvalue weighted by molar-refractivity contribution is -0.122. The fraction of sp³-hybridized carbons (Fsp3) is 0.917. The van der Waals surface area contributed by atoms with Crippen LogP contribution in [0.25, 0.3) is 0 Å². The van der Waals surface area contributed by atoms with Crippen molar-refractivity contribution in [1.82, 2.24) is 10.2 Å². The molecule has 1 aliphatic rings. The molecule has 0 bridgehead atoms. The Morgan fingerprint density at radius 3 is 2.50 bits per heavy atom. The number of nitrogens with two attached hydrogens (primary N) is 1. The van der Waals surface area contributed by atoms with Crippen molar-refractivity contribution in [3.8, 4) is 0 Å². The largest absolute Gasteiger partial charge is 0.352 e. The molecular formula is C12H25N3O. The summed E-state index contributed by atoms with van der Waals surface area (Å²) in [6.45, 7) is 1.85. The van der Waals surface area contributed by atoms with Gasteiger partial charge in [-0.3, -0.25) is 9.69 Å². The van der Waals surface area contributed by atoms with Gasteiger partial charge >= 0.3 is 0 Å². The summed E-state index contributed by atoms with van der Waals surface area (Å²) in [7, 11) is 1.93. The Labute approximate surface area is 98.6 Å². The average molecular weight is 227 g/mol. The van der Waals surface area contributed by atoms with Crippen LogP contribution in [-0.4, -0.2) is 43.5 Å². The van der Waals surface area contributed by atoms with Crippen LogP contribution in [0.4, 0.5) is 0 Å². The smallest absolute Gasteiger partial charge is 0.234 e. The van der Waals surface area contributed by atoms with E-state index in [0.29, 0.717) is 19.1 Å². The molecule has 94 valence electrons. The molecule has 3 N–H and O–H groups in total. The van der Waals surface area contributed by atoms with E-state index in [0.717, 1.165) is 19.4 Å². The number of hydrogen-bond acceptors (Lipinski definition) is 3. The summed E-state index contributed by atoms with van der Waals surface area (Å²) in [6, 6.07) is 0.404. The number of carbonyl (C=O) groups excluding carboxylic acids is 1. The quantitative estimate of drug-likeness (QED) is 0.680. The maximum atomic E-state index is 11.7. The molecule has 1 fully saturated rings. The number of carbonyl (C=O) groups is 1. The minimum atomic E-state index is 0.142. The van der Waals surface area contributed by atoms with E-state index in [1.807, 2.05) is 11.9 Å². The van der Waals surface area contributed by atoms with Crippen LogP contribution < -0.4 is 11.1 Å². The van der Waals surface area contributed by atoms with Gasteiger partial charge in [-0.25, -0.2) is 0 Å². The van der Waals surface area contributed by atoms with Crippen LogP contribution in [0, 0.1) is 0 Å². The van der Waals surface area contributed by atoms with Crippen molar-refractivity contribution < 1.29 is 4.79 Å². The van der Waals surface area contributed by atoms with Crippen LogP contribution >= 0.6 is 0 Å². The fourth-order valence-electron chi connectivity index (χ4n) is 2.24. The van der Waals surface area contributed by atoms with Gasteiger partial charge in [-0.2, -0.15) is 0 Å². The minimum Gasteiger partial charge on any atom is -0.352 e. The van der Waals surface area contributed by atoms with Gasteiger partial charge in [0.1, 0.15) is 0 Å². The normalized spacial score (nSPS) is 18.4. The number of nitrogens with zero attached hydrogens (tertiary/aromatic N) is 1. The summed E-state index contributed by atoms with van der Waals surface area (Å²) < 4.78 is 0. The number of rotatable bonds is 5. The van der Waals surface area contributed by atoms with Crippen LogP contribution in [0.15, 0.2) is 0 Å². The Balaban J connectivity index is 2.21. The SMILES string of the molecule is CN(CCN)CC(=O)NC1CCCCCC1. The Morgan fingerprint density at radius 2 is 1.94 bits per heavy atom. The monoisotopic (exact) mass is 227 g/mol. The van der Waals surface area contributed by atoms with Gasteiger partial charge in [-0.1, -0.05) is 25.7 Å². The van der Waals surface area contributed by atoms with E-state index in [-0.39, 0.29) is 5.91 Å². The zero-order valence-electron chi connectivity index (χ0n) is 10.4. The van der Waals surface area contributed by atoms with E-state index in [1.165, 1.54) is 25.7 Å². The first kappa shape index (κ1) is 13.5. The molecule has 0 radical (unpaired) electrons. The van der Waals surface area contributed by atoms with Gasteiger partial charge in [-0.15, -0.1) is 0 Å². The van der Waals surface area contributed by atoms with Crippen LogP contribution in [0.1, 0.15) is 38.5 Å². The molecule has 0 aromatic carbocycles. The second kappa shape index (κ2) is 7.63. The van der Waals surface area contributed by atoms with Crippen LogP contribution in [0.3, 0.4) is 0 Å². The molecule has 1 rings (SSSR count). The number of nitrogens with one attached hydrogen (secondary N) is 1. The van der Waals surface area contributed by atoms with E-state index < -0.39 is 0 Å². The van der Waals surface area contributed by atoms with Crippen molar-refractivity contribution in [1.29, 1.82) is 0 Å². The molecule has 0 aromatic heterocycles. The fourth-order valence-corrected chi connectivity index (χ4v) is 2.24. The lowest BCUT2D eigenvalue weighted by Crippen LogP contribution is -2.41. The summed E-state index contributed by atoms with van der Waals surface area (Å²) in [5, 5.41) is 3.13. The van der Waals surface area contributed by atoms with Gasteiger partial charge in [0, 0.05) is 19.1 Å². The molecule has 16 heavy (non-hydrogen) atoms. The molecular weight excluding hydrogens is 202 g/mol. The average Bonchev–Trinajstić information content (AvgIpc) is 2.46. The third kappa shape index (κ3) is 5.47. The lowest BCUT2D eigenvalue weighted by Gasteiger charge is -2.19. The van der Waals surface area contributed by atoms with Crippen LogP contribution in [-0.2, 0) is 4.79 Å². The molecule has 0 aromatic rings. The highest BCUT2D eigenvalue weighted by atomic mass is 16.2. The summed E-state index contributed by atoms with van der Waals surface area (Å²) in [4.78, 5) is 13.7. The van der Waals surface area contributed by atoms with E-state index >= 15 is 0 Å². The second-order valence-corrected chi connectivity index (χ2v) is 4.78. The Morgan fingerprint density at radius 1 is 1.31 bits per heavy atom. The van der Waals surface area contributed by atoms with E-state index in [1.54, 1.807) is 0 Å². The molecule has 0 saturated heterocycles. The van der Waals surface area contributed by atoms with Crippen molar-refractivity contribution in [3.63, 3.8) is 0 Å². The second-order valence-electron chi connectivity index (χ2n) is 4.78. The Hall–Kier alpha value is -0.610. The first-order valence-electron chi connectivity index (χ1n) is 6.40. The molecule has 1 aliphatic carbocycles. The molecule has 0 spiro atoms. The number of amides is 1. The highest BCUT2D eigenvalue weighted by molar-refractivity contribution is 5.78. The van der Waals surface area contributed by atoms with Crippen molar-refractivity contribution in [2.75, 3.05) is 26.7 Å². The molecule has 0 aliphatic heterocycles. The summed E-state index contributed by atoms with van der Waals surface area (Å²) in [6.07, 6.45) is 7.44. The summed E-state index contributed by atoms with van der Waals surface area (Å²) in [5.74, 6) is 0.142. The molecule has 4 heteroatoms. The van der Waals surface area contributed by atoms with Crippen LogP contribution in [0.2, 0.25) is 0 Å². The van der Waals surface area contributed by atoms with Gasteiger partial charge in [0.15, 0.2) is 0 Å². The van der Waals surface area contributed by atoms with Gasteiger partial charge in [0.05, 0.1) is 6.54 Å². The van der Waals surface area contributed by atoms with Crippen molar-refractivity contribution in [2.45, 2.75) is 44.6 Å². The lowest BCUT2D eigenvalue weighted by atomic mass is 10.1. The van der Waals surface area contributed by atoms with E-state index in [9.17, 15) is 4.79 Å². The third-order valence-electron chi connectivity index (χ3n) is 3.14. The van der Waals surface area contributed by atoms with Crippen molar-refractivity contribution in [3.05, 3.63) is 0 Å². The van der Waals surface area contributed by atoms with E-state index in [2.05, 4.69) is 5.32 Å². The molecule has 1 saturated carbocycles. The highest BCUT2D eigenvalue weighted by Crippen LogP contribution is 2.16. The maximum absolute atomic E-state index is 11.7. The predicted molar refractivity (Wildman–Crippen MR) is 66.2 cm³/mol. The maximum Gasteiger partial charge on any atom is 0.234 e. The first-order chi connectivity index (χ1) is 7.72. The molecule has 0 atom stereocenters. The van der Waals surface area contributed by atoms with Crippen LogP contribution in [0.5, 0.6) is 0 Å². The Kier molecular flexibility index (Phi) is 6.42. The summed E-state index contributed by atoms with van der Waals surface area (Å²) in [5.41, 5.74) is 5.44. The predicted octanol–water partition coefficient (Wildman–Crippen LogP) is 0.716. The van der Waals surface area contributed by atoms with Gasteiger partial charge < -0.3 is 11.1 Å². The molecule has 4 nitrogen and oxygen atoms in total. The number of hydrogen-bond donors (Lipinski definition) is 2. The molecule has 1 amide bonds. The minimum absolute atomic E-state index is 0.142. The van der Waals surface area contributed by atoms with Crippen molar-refractivity contribution in [2.24, 2.45) is 5.73 Å². The van der Waals surface area contributed by atoms with E-state index in [4.69, 9.17) is 5.73 Å². The summed E-state index contributed by atoms with van der Waals surface area (Å²) >= 11 is 0. The standard InChI is InChI=1S/C12H25N3O/c1-15(9-8-13)10-12(16)14-11-6-4-2-3-5-7-11/h11H,2-10,13H2,1H3,(H,14,16). The zero-order valence-corrected chi connectivity index (χ0v) is 10.4. The van der Waals surface area contributed by atoms with Gasteiger partial charge in [0.2, 0.25) is 5.91 Å². The van der Waals surface area contributed by atoms with Crippen molar-refractivity contribution >= 4 is 5.91 Å². The zero-order chi connectivity index (χ0) is 11.8. The van der Waals surface area contributed by atoms with Gasteiger partial charge in [-0.05, 0) is 19.9 Å². The topological polar surface area (TPSA) is 58.4 Å². The molecule has 0 unspecified atom stereocenters. The number of likely N-dealkylation sites (N-methyl/N-ethyl adjacent to an activating group) is 1. The van der Waals surface area contributed by atoms with Gasteiger partial charge in [0.25, 0.3) is 0 Å². The first-order valence-corrected chi connectivity index (χ1v) is 6.40. The molecule has 0 heterocycles. The Bertz CT molecular complexity index is 200.